The van der Waals surface area contributed by atoms with Crippen molar-refractivity contribution in [2.75, 3.05) is 10.6 Å². The van der Waals surface area contributed by atoms with E-state index >= 15 is 0 Å². The fourth-order valence-corrected chi connectivity index (χ4v) is 3.08. The zero-order chi connectivity index (χ0) is 29.6. The van der Waals surface area contributed by atoms with Crippen LogP contribution in [0.3, 0.4) is 0 Å². The van der Waals surface area contributed by atoms with Crippen molar-refractivity contribution in [2.24, 2.45) is 0 Å². The molecule has 2 aromatic carbocycles. The molecular weight excluding hydrogens is 519 g/mol. The lowest BCUT2D eigenvalue weighted by Gasteiger charge is -2.23. The summed E-state index contributed by atoms with van der Waals surface area (Å²) in [7, 11) is 0. The van der Waals surface area contributed by atoms with E-state index in [-0.39, 0.29) is 17.7 Å². The lowest BCUT2D eigenvalue weighted by Crippen LogP contribution is -2.47. The minimum absolute atomic E-state index is 0.0471. The van der Waals surface area contributed by atoms with Gasteiger partial charge in [0.15, 0.2) is 0 Å². The molecule has 1 atom stereocenters. The van der Waals surface area contributed by atoms with Crippen molar-refractivity contribution < 1.29 is 41.8 Å². The molecule has 0 heterocycles. The van der Waals surface area contributed by atoms with Gasteiger partial charge < -0.3 is 25.4 Å². The van der Waals surface area contributed by atoms with Gasteiger partial charge in [-0.3, -0.25) is 9.59 Å². The van der Waals surface area contributed by atoms with Crippen LogP contribution in [0.2, 0.25) is 0 Å². The van der Waals surface area contributed by atoms with Crippen molar-refractivity contribution in [3.05, 3.63) is 59.7 Å². The van der Waals surface area contributed by atoms with Gasteiger partial charge in [0.2, 0.25) is 5.91 Å². The van der Waals surface area contributed by atoms with Gasteiger partial charge in [0.05, 0.1) is 5.56 Å². The summed E-state index contributed by atoms with van der Waals surface area (Å²) in [5.41, 5.74) is -0.491. The van der Waals surface area contributed by atoms with Crippen molar-refractivity contribution >= 4 is 35.3 Å². The highest BCUT2D eigenvalue weighted by Crippen LogP contribution is 2.20. The van der Waals surface area contributed by atoms with Crippen LogP contribution in [0.5, 0.6) is 0 Å². The summed E-state index contributed by atoms with van der Waals surface area (Å²) < 4.78 is 48.0. The molecular formula is C27H32F3N3O6. The van der Waals surface area contributed by atoms with Gasteiger partial charge >= 0.3 is 24.1 Å². The Bertz CT molecular complexity index is 1180. The Labute approximate surface area is 224 Å². The first-order valence-corrected chi connectivity index (χ1v) is 11.9. The number of esters is 1. The summed E-state index contributed by atoms with van der Waals surface area (Å²) in [6.45, 7) is 10.2. The molecule has 0 saturated heterocycles. The summed E-state index contributed by atoms with van der Waals surface area (Å²) in [4.78, 5) is 48.9. The minimum atomic E-state index is -5.04. The van der Waals surface area contributed by atoms with E-state index in [1.54, 1.807) is 46.9 Å². The van der Waals surface area contributed by atoms with Gasteiger partial charge in [0.25, 0.3) is 0 Å². The van der Waals surface area contributed by atoms with Crippen LogP contribution in [0.25, 0.3) is 0 Å². The monoisotopic (exact) mass is 551 g/mol. The largest absolute Gasteiger partial charge is 0.471 e. The van der Waals surface area contributed by atoms with E-state index in [4.69, 9.17) is 9.47 Å². The third-order valence-electron chi connectivity index (χ3n) is 4.70. The zero-order valence-corrected chi connectivity index (χ0v) is 22.5. The van der Waals surface area contributed by atoms with Gasteiger partial charge in [-0.15, -0.1) is 0 Å². The predicted octanol–water partition coefficient (Wildman–Crippen LogP) is 5.22. The Kier molecular flexibility index (Phi) is 9.72. The van der Waals surface area contributed by atoms with Gasteiger partial charge in [-0.1, -0.05) is 12.1 Å². The molecule has 212 valence electrons. The molecule has 0 bridgehead atoms. The van der Waals surface area contributed by atoms with Crippen LogP contribution in [-0.2, 0) is 25.5 Å². The van der Waals surface area contributed by atoms with E-state index in [9.17, 15) is 32.3 Å². The highest BCUT2D eigenvalue weighted by molar-refractivity contribution is 5.98. The number of amides is 3. The Hall–Kier alpha value is -4.09. The molecule has 2 rings (SSSR count). The minimum Gasteiger partial charge on any atom is -0.456 e. The van der Waals surface area contributed by atoms with Crippen LogP contribution in [0.1, 0.15) is 57.5 Å². The first-order valence-electron chi connectivity index (χ1n) is 11.9. The van der Waals surface area contributed by atoms with Crippen LogP contribution in [-0.4, -0.2) is 47.3 Å². The van der Waals surface area contributed by atoms with Crippen molar-refractivity contribution in [3.63, 3.8) is 0 Å². The van der Waals surface area contributed by atoms with Crippen molar-refractivity contribution in [3.8, 4) is 0 Å². The number of nitrogens with one attached hydrogen (secondary N) is 3. The maximum Gasteiger partial charge on any atom is 0.471 e. The van der Waals surface area contributed by atoms with Crippen LogP contribution in [0, 0.1) is 0 Å². The summed E-state index contributed by atoms with van der Waals surface area (Å²) in [6, 6.07) is 10.1. The molecule has 2 aromatic rings. The molecule has 0 fully saturated rings. The standard InChI is InChI=1S/C27H32F3N3O6/c1-25(2,3)38-22(35)17-9-13-18(14-10-17)31-21(34)20(33-24(37)39-26(4,5)6)15-16-7-11-19(12-8-16)32-23(36)27(28,29)30/h7-14,20H,15H2,1-6H3,(H,31,34)(H,32,36)(H,33,37). The van der Waals surface area contributed by atoms with Gasteiger partial charge in [-0.2, -0.15) is 13.2 Å². The molecule has 3 N–H and O–H groups in total. The number of hydrogen-bond donors (Lipinski definition) is 3. The normalized spacial score (nSPS) is 12.6. The van der Waals surface area contributed by atoms with Gasteiger partial charge in [0, 0.05) is 17.8 Å². The van der Waals surface area contributed by atoms with E-state index in [2.05, 4.69) is 10.6 Å². The number of benzene rings is 2. The number of carbonyl (C=O) groups excluding carboxylic acids is 4. The second kappa shape index (κ2) is 12.2. The Morgan fingerprint density at radius 1 is 0.744 bits per heavy atom. The summed E-state index contributed by atoms with van der Waals surface area (Å²) in [5, 5.41) is 6.89. The number of alkyl carbamates (subject to hydrolysis) is 1. The smallest absolute Gasteiger partial charge is 0.456 e. The summed E-state index contributed by atoms with van der Waals surface area (Å²) in [6.07, 6.45) is -5.93. The summed E-state index contributed by atoms with van der Waals surface area (Å²) >= 11 is 0. The van der Waals surface area contributed by atoms with Crippen LogP contribution < -0.4 is 16.0 Å². The quantitative estimate of drug-likeness (QED) is 0.406. The molecule has 0 radical (unpaired) electrons. The number of alkyl halides is 3. The molecule has 0 saturated carbocycles. The second-order valence-corrected chi connectivity index (χ2v) is 10.6. The van der Waals surface area contributed by atoms with E-state index in [0.29, 0.717) is 11.3 Å². The third kappa shape index (κ3) is 11.0. The van der Waals surface area contributed by atoms with Crippen LogP contribution in [0.15, 0.2) is 48.5 Å². The lowest BCUT2D eigenvalue weighted by molar-refractivity contribution is -0.167. The Morgan fingerprint density at radius 2 is 1.23 bits per heavy atom. The molecule has 9 nitrogen and oxygen atoms in total. The molecule has 0 aliphatic carbocycles. The zero-order valence-electron chi connectivity index (χ0n) is 22.5. The SMILES string of the molecule is CC(C)(C)OC(=O)NC(Cc1ccc(NC(=O)C(F)(F)F)cc1)C(=O)Nc1ccc(C(=O)OC(C)(C)C)cc1. The van der Waals surface area contributed by atoms with Crippen molar-refractivity contribution in [2.45, 2.75) is 71.4 Å². The molecule has 1 unspecified atom stereocenters. The first-order chi connectivity index (χ1) is 17.8. The molecule has 0 aliphatic rings. The highest BCUT2D eigenvalue weighted by Gasteiger charge is 2.38. The molecule has 3 amide bonds. The van der Waals surface area contributed by atoms with E-state index in [1.807, 2.05) is 0 Å². The lowest BCUT2D eigenvalue weighted by atomic mass is 10.0. The molecule has 12 heteroatoms. The number of rotatable bonds is 7. The highest BCUT2D eigenvalue weighted by atomic mass is 19.4. The van der Waals surface area contributed by atoms with Gasteiger partial charge in [0.1, 0.15) is 17.2 Å². The van der Waals surface area contributed by atoms with Crippen LogP contribution >= 0.6 is 0 Å². The number of hydrogen-bond acceptors (Lipinski definition) is 6. The number of halogens is 3. The van der Waals surface area contributed by atoms with E-state index in [1.165, 1.54) is 48.5 Å². The average molecular weight is 552 g/mol. The van der Waals surface area contributed by atoms with Crippen molar-refractivity contribution in [1.29, 1.82) is 0 Å². The molecule has 39 heavy (non-hydrogen) atoms. The number of ether oxygens (including phenoxy) is 2. The third-order valence-corrected chi connectivity index (χ3v) is 4.70. The Balaban J connectivity index is 2.17. The predicted molar refractivity (Wildman–Crippen MR) is 138 cm³/mol. The maximum absolute atomic E-state index is 13.1. The summed E-state index contributed by atoms with van der Waals surface area (Å²) in [5.74, 6) is -3.25. The number of carbonyl (C=O) groups is 4. The Morgan fingerprint density at radius 3 is 1.72 bits per heavy atom. The fourth-order valence-electron chi connectivity index (χ4n) is 3.08. The van der Waals surface area contributed by atoms with Gasteiger partial charge in [-0.25, -0.2) is 9.59 Å². The van der Waals surface area contributed by atoms with E-state index in [0.717, 1.165) is 0 Å². The molecule has 0 spiro atoms. The maximum atomic E-state index is 13.1. The second-order valence-electron chi connectivity index (χ2n) is 10.6. The van der Waals surface area contributed by atoms with Crippen molar-refractivity contribution in [1.82, 2.24) is 5.32 Å². The fraction of sp³-hybridized carbons (Fsp3) is 0.407. The van der Waals surface area contributed by atoms with Gasteiger partial charge in [-0.05, 0) is 83.5 Å². The topological polar surface area (TPSA) is 123 Å². The molecule has 0 aliphatic heterocycles. The molecule has 0 aromatic heterocycles. The average Bonchev–Trinajstić information content (AvgIpc) is 2.77. The van der Waals surface area contributed by atoms with Crippen LogP contribution in [0.4, 0.5) is 29.3 Å². The first kappa shape index (κ1) is 31.1. The van der Waals surface area contributed by atoms with E-state index < -0.39 is 47.3 Å². The number of anilines is 2.